The maximum atomic E-state index is 12.0. The van der Waals surface area contributed by atoms with Crippen molar-refractivity contribution in [3.05, 3.63) is 48.9 Å². The molecule has 1 aliphatic rings. The zero-order valence-electron chi connectivity index (χ0n) is 16.4. The summed E-state index contributed by atoms with van der Waals surface area (Å²) >= 11 is 0. The highest BCUT2D eigenvalue weighted by molar-refractivity contribution is 5.97. The zero-order valence-corrected chi connectivity index (χ0v) is 16.4. The van der Waals surface area contributed by atoms with Crippen molar-refractivity contribution < 1.29 is 9.53 Å². The van der Waals surface area contributed by atoms with E-state index in [9.17, 15) is 4.79 Å². The Morgan fingerprint density at radius 1 is 1.10 bits per heavy atom. The Morgan fingerprint density at radius 3 is 2.67 bits per heavy atom. The number of ether oxygens (including phenoxy) is 1. The Labute approximate surface area is 172 Å². The number of H-pyrrole nitrogens is 1. The summed E-state index contributed by atoms with van der Waals surface area (Å²) in [4.78, 5) is 22.6. The van der Waals surface area contributed by atoms with E-state index in [0.717, 1.165) is 46.3 Å². The highest BCUT2D eigenvalue weighted by atomic mass is 16.5. The van der Waals surface area contributed by atoms with Gasteiger partial charge in [0.05, 0.1) is 7.11 Å². The molecular weight excluding hydrogens is 380 g/mol. The van der Waals surface area contributed by atoms with Gasteiger partial charge in [-0.1, -0.05) is 12.1 Å². The molecule has 0 atom stereocenters. The van der Waals surface area contributed by atoms with Crippen LogP contribution in [-0.4, -0.2) is 39.7 Å². The number of rotatable bonds is 4. The van der Waals surface area contributed by atoms with Gasteiger partial charge in [0.2, 0.25) is 11.8 Å². The first-order valence-electron chi connectivity index (χ1n) is 9.69. The lowest BCUT2D eigenvalue weighted by Crippen LogP contribution is -2.23. The fraction of sp³-hybridized carbons (Fsp3) is 0.182. The van der Waals surface area contributed by atoms with E-state index in [1.165, 1.54) is 0 Å². The lowest BCUT2D eigenvalue weighted by molar-refractivity contribution is -0.117. The molecule has 1 amide bonds. The Kier molecular flexibility index (Phi) is 4.31. The molecular formula is C22H20N6O2. The molecule has 8 heteroatoms. The number of anilines is 2. The van der Waals surface area contributed by atoms with Gasteiger partial charge in [0.25, 0.3) is 0 Å². The molecule has 4 heterocycles. The van der Waals surface area contributed by atoms with Crippen LogP contribution in [0.4, 0.5) is 11.5 Å². The van der Waals surface area contributed by atoms with Gasteiger partial charge >= 0.3 is 0 Å². The molecule has 0 bridgehead atoms. The smallest absolute Gasteiger partial charge is 0.242 e. The van der Waals surface area contributed by atoms with E-state index in [2.05, 4.69) is 20.2 Å². The van der Waals surface area contributed by atoms with E-state index in [4.69, 9.17) is 10.5 Å². The van der Waals surface area contributed by atoms with Crippen LogP contribution in [0.1, 0.15) is 12.8 Å². The molecule has 1 aromatic carbocycles. The van der Waals surface area contributed by atoms with Gasteiger partial charge in [0.1, 0.15) is 5.82 Å². The number of nitrogens with two attached hydrogens (primary N) is 1. The number of fused-ring (bicyclic) bond motifs is 1. The van der Waals surface area contributed by atoms with Crippen LogP contribution in [0, 0.1) is 0 Å². The summed E-state index contributed by atoms with van der Waals surface area (Å²) in [5.74, 6) is 1.07. The van der Waals surface area contributed by atoms with E-state index in [1.54, 1.807) is 19.5 Å². The first-order valence-corrected chi connectivity index (χ1v) is 9.69. The third-order valence-corrected chi connectivity index (χ3v) is 5.43. The van der Waals surface area contributed by atoms with Crippen LogP contribution >= 0.6 is 0 Å². The topological polar surface area (TPSA) is 110 Å². The number of carbonyl (C=O) groups is 1. The minimum atomic E-state index is 0.169. The fourth-order valence-corrected chi connectivity index (χ4v) is 3.89. The van der Waals surface area contributed by atoms with E-state index in [1.807, 2.05) is 41.4 Å². The van der Waals surface area contributed by atoms with Crippen molar-refractivity contribution in [2.75, 3.05) is 24.3 Å². The van der Waals surface area contributed by atoms with Gasteiger partial charge in [-0.25, -0.2) is 9.97 Å². The first kappa shape index (κ1) is 18.1. The van der Waals surface area contributed by atoms with Gasteiger partial charge in [0.15, 0.2) is 5.52 Å². The number of nitrogen functional groups attached to an aromatic ring is 1. The van der Waals surface area contributed by atoms with Crippen molar-refractivity contribution in [1.82, 2.24) is 20.2 Å². The van der Waals surface area contributed by atoms with E-state index >= 15 is 0 Å². The average Bonchev–Trinajstić information content (AvgIpc) is 3.43. The Balaban J connectivity index is 1.55. The second-order valence-corrected chi connectivity index (χ2v) is 7.18. The monoisotopic (exact) mass is 400 g/mol. The molecule has 1 fully saturated rings. The average molecular weight is 400 g/mol. The molecule has 30 heavy (non-hydrogen) atoms. The number of aromatic amines is 1. The van der Waals surface area contributed by atoms with Crippen LogP contribution in [0.3, 0.4) is 0 Å². The van der Waals surface area contributed by atoms with Crippen LogP contribution in [0.15, 0.2) is 48.9 Å². The summed E-state index contributed by atoms with van der Waals surface area (Å²) in [7, 11) is 1.57. The largest absolute Gasteiger partial charge is 0.479 e. The molecule has 3 N–H and O–H groups in total. The van der Waals surface area contributed by atoms with Crippen LogP contribution < -0.4 is 15.4 Å². The molecule has 0 radical (unpaired) electrons. The molecule has 150 valence electrons. The standard InChI is InChI=1S/C22H20N6O2/c1-30-22-20-18(12-26-27-20)17(11-25-22)14-9-16(21(23)24-10-14)13-4-6-15(7-5-13)28-8-2-3-19(28)29/h4-7,9-12H,2-3,8H2,1H3,(H2,23,24)(H,26,27). The third kappa shape index (κ3) is 2.93. The maximum Gasteiger partial charge on any atom is 0.242 e. The van der Waals surface area contributed by atoms with Crippen molar-refractivity contribution in [1.29, 1.82) is 0 Å². The predicted molar refractivity (Wildman–Crippen MR) is 115 cm³/mol. The molecule has 1 aliphatic heterocycles. The second kappa shape index (κ2) is 7.14. The summed E-state index contributed by atoms with van der Waals surface area (Å²) in [5, 5.41) is 8.00. The number of nitrogens with zero attached hydrogens (tertiary/aromatic N) is 4. The normalized spacial score (nSPS) is 13.9. The number of hydrogen-bond donors (Lipinski definition) is 2. The SMILES string of the molecule is COc1ncc(-c2cnc(N)c(-c3ccc(N4CCCC4=O)cc3)c2)c2c[nH]nc12. The second-order valence-electron chi connectivity index (χ2n) is 7.18. The van der Waals surface area contributed by atoms with Crippen molar-refractivity contribution in [3.63, 3.8) is 0 Å². The lowest BCUT2D eigenvalue weighted by atomic mass is 10.00. The number of nitrogens with one attached hydrogen (secondary N) is 1. The Bertz CT molecular complexity index is 1250. The van der Waals surface area contributed by atoms with Crippen molar-refractivity contribution in [2.24, 2.45) is 0 Å². The zero-order chi connectivity index (χ0) is 20.7. The number of methoxy groups -OCH3 is 1. The number of carbonyl (C=O) groups excluding carboxylic acids is 1. The van der Waals surface area contributed by atoms with Crippen molar-refractivity contribution in [3.8, 4) is 28.1 Å². The number of pyridine rings is 2. The molecule has 8 nitrogen and oxygen atoms in total. The van der Waals surface area contributed by atoms with E-state index < -0.39 is 0 Å². The minimum absolute atomic E-state index is 0.169. The van der Waals surface area contributed by atoms with Crippen LogP contribution in [-0.2, 0) is 4.79 Å². The lowest BCUT2D eigenvalue weighted by Gasteiger charge is -2.16. The van der Waals surface area contributed by atoms with Gasteiger partial charge in [-0.05, 0) is 30.2 Å². The van der Waals surface area contributed by atoms with Gasteiger partial charge in [-0.3, -0.25) is 9.89 Å². The van der Waals surface area contributed by atoms with Crippen LogP contribution in [0.5, 0.6) is 5.88 Å². The number of hydrogen-bond acceptors (Lipinski definition) is 6. The van der Waals surface area contributed by atoms with Crippen molar-refractivity contribution in [2.45, 2.75) is 12.8 Å². The first-order chi connectivity index (χ1) is 14.7. The Hall–Kier alpha value is -3.94. The summed E-state index contributed by atoms with van der Waals surface area (Å²) in [6.45, 7) is 0.766. The third-order valence-electron chi connectivity index (χ3n) is 5.43. The van der Waals surface area contributed by atoms with Gasteiger partial charge in [-0.15, -0.1) is 0 Å². The highest BCUT2D eigenvalue weighted by Crippen LogP contribution is 2.35. The minimum Gasteiger partial charge on any atom is -0.479 e. The molecule has 0 spiro atoms. The molecule has 1 saturated heterocycles. The fourth-order valence-electron chi connectivity index (χ4n) is 3.89. The van der Waals surface area contributed by atoms with Gasteiger partial charge in [0, 0.05) is 59.3 Å². The van der Waals surface area contributed by atoms with Crippen LogP contribution in [0.2, 0.25) is 0 Å². The van der Waals surface area contributed by atoms with Gasteiger partial charge < -0.3 is 15.4 Å². The Morgan fingerprint density at radius 2 is 1.93 bits per heavy atom. The molecule has 0 aliphatic carbocycles. The number of amides is 1. The van der Waals surface area contributed by atoms with E-state index in [0.29, 0.717) is 23.6 Å². The molecule has 0 unspecified atom stereocenters. The number of benzene rings is 1. The highest BCUT2D eigenvalue weighted by Gasteiger charge is 2.21. The summed E-state index contributed by atoms with van der Waals surface area (Å²) in [5.41, 5.74) is 11.3. The number of aromatic nitrogens is 4. The van der Waals surface area contributed by atoms with Crippen molar-refractivity contribution >= 4 is 28.3 Å². The van der Waals surface area contributed by atoms with Gasteiger partial charge in [-0.2, -0.15) is 5.10 Å². The molecule has 5 rings (SSSR count). The summed E-state index contributed by atoms with van der Waals surface area (Å²) < 4.78 is 5.29. The quantitative estimate of drug-likeness (QED) is 0.543. The van der Waals surface area contributed by atoms with Crippen LogP contribution in [0.25, 0.3) is 33.2 Å². The predicted octanol–water partition coefficient (Wildman–Crippen LogP) is 3.40. The van der Waals surface area contributed by atoms with E-state index in [-0.39, 0.29) is 5.91 Å². The summed E-state index contributed by atoms with van der Waals surface area (Å²) in [6.07, 6.45) is 6.80. The molecule has 3 aromatic heterocycles. The molecule has 4 aromatic rings. The maximum absolute atomic E-state index is 12.0. The molecule has 0 saturated carbocycles. The summed E-state index contributed by atoms with van der Waals surface area (Å²) in [6, 6.07) is 9.84.